The Morgan fingerprint density at radius 1 is 1.25 bits per heavy atom. The molecule has 0 aromatic heterocycles. The molecule has 12 heavy (non-hydrogen) atoms. The molecular weight excluding hydrogens is 146 g/mol. The molecule has 0 aliphatic heterocycles. The number of rotatable bonds is 3. The smallest absolute Gasteiger partial charge is 0.00766 e. The molecule has 0 saturated carbocycles. The molecule has 0 aliphatic rings. The third-order valence-corrected chi connectivity index (χ3v) is 2.14. The first kappa shape index (κ1) is 9.27. The van der Waals surface area contributed by atoms with Crippen LogP contribution in [0.3, 0.4) is 0 Å². The monoisotopic (exact) mass is 163 g/mol. The molecule has 0 aliphatic carbocycles. The van der Waals surface area contributed by atoms with Crippen LogP contribution in [0.5, 0.6) is 0 Å². The minimum atomic E-state index is 0.313. The van der Waals surface area contributed by atoms with Gasteiger partial charge in [0.25, 0.3) is 0 Å². The van der Waals surface area contributed by atoms with Crippen molar-refractivity contribution in [3.63, 3.8) is 0 Å². The van der Waals surface area contributed by atoms with E-state index in [1.807, 2.05) is 0 Å². The Labute approximate surface area is 74.6 Å². The second kappa shape index (κ2) is 4.27. The Hall–Kier alpha value is -0.820. The Balaban J connectivity index is 2.58. The van der Waals surface area contributed by atoms with Crippen LogP contribution in [0.4, 0.5) is 0 Å². The standard InChI is InChI=1S/C11H17N/c1-3-11(12)8-10-6-4-9(2)5-7-10/h4-7,11H,3,8,12H2,1-2H3/t11-/m1/s1. The maximum Gasteiger partial charge on any atom is 0.00766 e. The molecule has 2 N–H and O–H groups in total. The van der Waals surface area contributed by atoms with Gasteiger partial charge in [-0.05, 0) is 25.3 Å². The quantitative estimate of drug-likeness (QED) is 0.726. The van der Waals surface area contributed by atoms with Gasteiger partial charge in [-0.1, -0.05) is 36.8 Å². The summed E-state index contributed by atoms with van der Waals surface area (Å²) in [4.78, 5) is 0. The Morgan fingerprint density at radius 3 is 2.33 bits per heavy atom. The van der Waals surface area contributed by atoms with Crippen LogP contribution in [-0.4, -0.2) is 6.04 Å². The molecule has 1 aromatic carbocycles. The van der Waals surface area contributed by atoms with Crippen LogP contribution >= 0.6 is 0 Å². The number of aryl methyl sites for hydroxylation is 1. The lowest BCUT2D eigenvalue weighted by molar-refractivity contribution is 0.646. The minimum absolute atomic E-state index is 0.313. The van der Waals surface area contributed by atoms with Gasteiger partial charge < -0.3 is 5.73 Å². The van der Waals surface area contributed by atoms with Crippen molar-refractivity contribution in [1.29, 1.82) is 0 Å². The molecule has 0 fully saturated rings. The first-order chi connectivity index (χ1) is 5.72. The summed E-state index contributed by atoms with van der Waals surface area (Å²) in [5, 5.41) is 0. The number of nitrogens with two attached hydrogens (primary N) is 1. The van der Waals surface area contributed by atoms with Gasteiger partial charge in [0.15, 0.2) is 0 Å². The van der Waals surface area contributed by atoms with E-state index >= 15 is 0 Å². The fraction of sp³-hybridized carbons (Fsp3) is 0.455. The van der Waals surface area contributed by atoms with E-state index in [1.165, 1.54) is 11.1 Å². The summed E-state index contributed by atoms with van der Waals surface area (Å²) < 4.78 is 0. The molecule has 0 unspecified atom stereocenters. The second-order valence-electron chi connectivity index (χ2n) is 3.36. The second-order valence-corrected chi connectivity index (χ2v) is 3.36. The summed E-state index contributed by atoms with van der Waals surface area (Å²) in [6.07, 6.45) is 2.05. The molecule has 1 rings (SSSR count). The highest BCUT2D eigenvalue weighted by molar-refractivity contribution is 5.21. The molecule has 0 radical (unpaired) electrons. The zero-order valence-corrected chi connectivity index (χ0v) is 7.88. The summed E-state index contributed by atoms with van der Waals surface area (Å²) in [7, 11) is 0. The fourth-order valence-electron chi connectivity index (χ4n) is 1.17. The fourth-order valence-corrected chi connectivity index (χ4v) is 1.17. The van der Waals surface area contributed by atoms with Crippen molar-refractivity contribution in [1.82, 2.24) is 0 Å². The van der Waals surface area contributed by atoms with Gasteiger partial charge in [-0.15, -0.1) is 0 Å². The summed E-state index contributed by atoms with van der Waals surface area (Å²) in [5.41, 5.74) is 8.49. The van der Waals surface area contributed by atoms with Gasteiger partial charge in [-0.2, -0.15) is 0 Å². The van der Waals surface area contributed by atoms with Gasteiger partial charge in [0.1, 0.15) is 0 Å². The maximum absolute atomic E-state index is 5.84. The third kappa shape index (κ3) is 2.67. The van der Waals surface area contributed by atoms with E-state index in [2.05, 4.69) is 38.1 Å². The van der Waals surface area contributed by atoms with E-state index in [1.54, 1.807) is 0 Å². The molecular formula is C11H17N. The first-order valence-corrected chi connectivity index (χ1v) is 4.53. The van der Waals surface area contributed by atoms with Crippen LogP contribution < -0.4 is 5.73 Å². The highest BCUT2D eigenvalue weighted by atomic mass is 14.6. The van der Waals surface area contributed by atoms with Gasteiger partial charge in [0.2, 0.25) is 0 Å². The number of hydrogen-bond acceptors (Lipinski definition) is 1. The normalized spacial score (nSPS) is 12.9. The van der Waals surface area contributed by atoms with Crippen molar-refractivity contribution in [2.24, 2.45) is 5.73 Å². The lowest BCUT2D eigenvalue weighted by atomic mass is 10.0. The van der Waals surface area contributed by atoms with E-state index in [-0.39, 0.29) is 0 Å². The van der Waals surface area contributed by atoms with Crippen molar-refractivity contribution >= 4 is 0 Å². The average Bonchev–Trinajstić information content (AvgIpc) is 2.09. The molecule has 0 spiro atoms. The maximum atomic E-state index is 5.84. The van der Waals surface area contributed by atoms with Crippen molar-refractivity contribution in [2.45, 2.75) is 32.7 Å². The lowest BCUT2D eigenvalue weighted by Crippen LogP contribution is -2.21. The zero-order chi connectivity index (χ0) is 8.97. The van der Waals surface area contributed by atoms with Crippen molar-refractivity contribution in [3.8, 4) is 0 Å². The van der Waals surface area contributed by atoms with Gasteiger partial charge >= 0.3 is 0 Å². The highest BCUT2D eigenvalue weighted by Crippen LogP contribution is 2.06. The SMILES string of the molecule is CC[C@@H](N)Cc1ccc(C)cc1. The molecule has 0 heterocycles. The molecule has 0 bridgehead atoms. The zero-order valence-electron chi connectivity index (χ0n) is 7.88. The first-order valence-electron chi connectivity index (χ1n) is 4.53. The number of hydrogen-bond donors (Lipinski definition) is 1. The molecule has 1 aromatic rings. The van der Waals surface area contributed by atoms with Gasteiger partial charge in [-0.25, -0.2) is 0 Å². The summed E-state index contributed by atoms with van der Waals surface area (Å²) in [6, 6.07) is 8.90. The summed E-state index contributed by atoms with van der Waals surface area (Å²) >= 11 is 0. The summed E-state index contributed by atoms with van der Waals surface area (Å²) in [6.45, 7) is 4.22. The Bertz CT molecular complexity index is 225. The Kier molecular flexibility index (Phi) is 3.30. The molecule has 1 heteroatoms. The predicted molar refractivity (Wildman–Crippen MR) is 53.1 cm³/mol. The predicted octanol–water partition coefficient (Wildman–Crippen LogP) is 2.27. The van der Waals surface area contributed by atoms with Gasteiger partial charge in [0.05, 0.1) is 0 Å². The van der Waals surface area contributed by atoms with Crippen molar-refractivity contribution < 1.29 is 0 Å². The number of benzene rings is 1. The highest BCUT2D eigenvalue weighted by Gasteiger charge is 1.99. The van der Waals surface area contributed by atoms with Crippen molar-refractivity contribution in [3.05, 3.63) is 35.4 Å². The van der Waals surface area contributed by atoms with Crippen LogP contribution in [0, 0.1) is 6.92 Å². The van der Waals surface area contributed by atoms with E-state index < -0.39 is 0 Å². The lowest BCUT2D eigenvalue weighted by Gasteiger charge is -2.08. The van der Waals surface area contributed by atoms with Crippen LogP contribution in [-0.2, 0) is 6.42 Å². The van der Waals surface area contributed by atoms with Crippen LogP contribution in [0.25, 0.3) is 0 Å². The van der Waals surface area contributed by atoms with Crippen molar-refractivity contribution in [2.75, 3.05) is 0 Å². The molecule has 66 valence electrons. The molecule has 1 nitrogen and oxygen atoms in total. The Morgan fingerprint density at radius 2 is 1.83 bits per heavy atom. The van der Waals surface area contributed by atoms with Gasteiger partial charge in [0, 0.05) is 6.04 Å². The van der Waals surface area contributed by atoms with E-state index in [0.29, 0.717) is 6.04 Å². The minimum Gasteiger partial charge on any atom is -0.327 e. The van der Waals surface area contributed by atoms with Crippen LogP contribution in [0.2, 0.25) is 0 Å². The third-order valence-electron chi connectivity index (χ3n) is 2.14. The topological polar surface area (TPSA) is 26.0 Å². The van der Waals surface area contributed by atoms with Crippen LogP contribution in [0.15, 0.2) is 24.3 Å². The largest absolute Gasteiger partial charge is 0.327 e. The van der Waals surface area contributed by atoms with Crippen LogP contribution in [0.1, 0.15) is 24.5 Å². The van der Waals surface area contributed by atoms with E-state index in [0.717, 1.165) is 12.8 Å². The molecule has 1 atom stereocenters. The molecule has 0 amide bonds. The summed E-state index contributed by atoms with van der Waals surface area (Å²) in [5.74, 6) is 0. The molecule has 0 saturated heterocycles. The van der Waals surface area contributed by atoms with E-state index in [9.17, 15) is 0 Å². The van der Waals surface area contributed by atoms with E-state index in [4.69, 9.17) is 5.73 Å². The van der Waals surface area contributed by atoms with Gasteiger partial charge in [-0.3, -0.25) is 0 Å². The average molecular weight is 163 g/mol.